The quantitative estimate of drug-likeness (QED) is 0.165. The van der Waals surface area contributed by atoms with E-state index in [2.05, 4.69) is 20.6 Å². The number of hydrogen-bond acceptors (Lipinski definition) is 8. The van der Waals surface area contributed by atoms with Gasteiger partial charge in [0.15, 0.2) is 0 Å². The molecule has 1 saturated heterocycles. The number of H-pyrrole nitrogens is 1. The SMILES string of the molecule is NC(Cc1ccc(O)cc1)C(=O)NC(Cc1cnc[nH]1)C(=O)N1CCCC1C(=O)NC(CCC(=O)O)C(=O)O. The van der Waals surface area contributed by atoms with E-state index in [-0.39, 0.29) is 38.0 Å². The van der Waals surface area contributed by atoms with Crippen molar-refractivity contribution in [2.24, 2.45) is 5.73 Å². The Balaban J connectivity index is 1.72. The molecule has 1 aromatic carbocycles. The van der Waals surface area contributed by atoms with E-state index in [0.29, 0.717) is 17.7 Å². The van der Waals surface area contributed by atoms with E-state index in [0.717, 1.165) is 0 Å². The van der Waals surface area contributed by atoms with Gasteiger partial charge in [-0.05, 0) is 43.4 Å². The zero-order valence-electron chi connectivity index (χ0n) is 21.1. The fraction of sp³-hybridized carbons (Fsp3) is 0.440. The fourth-order valence-electron chi connectivity index (χ4n) is 4.37. The number of phenols is 1. The molecule has 1 aliphatic rings. The van der Waals surface area contributed by atoms with Crippen molar-refractivity contribution in [1.29, 1.82) is 0 Å². The molecular formula is C25H32N6O8. The number of carbonyl (C=O) groups is 5. The van der Waals surface area contributed by atoms with Crippen LogP contribution in [0.25, 0.3) is 0 Å². The average Bonchev–Trinajstić information content (AvgIpc) is 3.59. The summed E-state index contributed by atoms with van der Waals surface area (Å²) in [6.07, 6.45) is 3.09. The van der Waals surface area contributed by atoms with E-state index in [1.54, 1.807) is 12.1 Å². The number of aliphatic carboxylic acids is 2. The first-order valence-electron chi connectivity index (χ1n) is 12.4. The number of hydrogen-bond donors (Lipinski definition) is 7. The summed E-state index contributed by atoms with van der Waals surface area (Å²) in [6, 6.07) is 1.68. The Labute approximate surface area is 223 Å². The maximum Gasteiger partial charge on any atom is 0.326 e. The number of phenolic OH excluding ortho intramolecular Hbond substituents is 1. The second-order valence-corrected chi connectivity index (χ2v) is 9.34. The Morgan fingerprint density at radius 3 is 2.41 bits per heavy atom. The van der Waals surface area contributed by atoms with Crippen molar-refractivity contribution < 1.29 is 39.3 Å². The Morgan fingerprint density at radius 1 is 1.08 bits per heavy atom. The molecule has 1 aliphatic heterocycles. The van der Waals surface area contributed by atoms with E-state index >= 15 is 0 Å². The van der Waals surface area contributed by atoms with E-state index in [1.165, 1.54) is 29.6 Å². The smallest absolute Gasteiger partial charge is 0.326 e. The summed E-state index contributed by atoms with van der Waals surface area (Å²) in [5, 5.41) is 32.7. The van der Waals surface area contributed by atoms with Gasteiger partial charge in [-0.1, -0.05) is 12.1 Å². The van der Waals surface area contributed by atoms with Crippen LogP contribution < -0.4 is 16.4 Å². The second-order valence-electron chi connectivity index (χ2n) is 9.34. The van der Waals surface area contributed by atoms with Gasteiger partial charge in [-0.15, -0.1) is 0 Å². The zero-order valence-corrected chi connectivity index (χ0v) is 21.1. The highest BCUT2D eigenvalue weighted by atomic mass is 16.4. The standard InChI is InChI=1S/C25H32N6O8/c26-17(10-14-3-5-16(32)6-4-14)22(35)30-19(11-15-12-27-13-28-15)24(37)31-9-1-2-20(31)23(36)29-18(25(38)39)7-8-21(33)34/h3-6,12-13,17-20,32H,1-2,7-11,26H2,(H,27,28)(H,29,36)(H,30,35)(H,33,34)(H,38,39). The van der Waals surface area contributed by atoms with Gasteiger partial charge < -0.3 is 41.6 Å². The van der Waals surface area contributed by atoms with Crippen LogP contribution in [-0.4, -0.2) is 90.6 Å². The van der Waals surface area contributed by atoms with E-state index < -0.39 is 60.2 Å². The van der Waals surface area contributed by atoms with Crippen LogP contribution in [0.5, 0.6) is 5.75 Å². The Morgan fingerprint density at radius 2 is 1.79 bits per heavy atom. The molecule has 2 aromatic rings. The number of aromatic hydroxyl groups is 1. The molecule has 0 saturated carbocycles. The molecule has 3 amide bonds. The number of carbonyl (C=O) groups excluding carboxylic acids is 3. The molecule has 4 atom stereocenters. The second kappa shape index (κ2) is 13.4. The van der Waals surface area contributed by atoms with Gasteiger partial charge in [0.2, 0.25) is 17.7 Å². The van der Waals surface area contributed by atoms with Crippen LogP contribution in [0, 0.1) is 0 Å². The van der Waals surface area contributed by atoms with Gasteiger partial charge in [0.1, 0.15) is 23.9 Å². The van der Waals surface area contributed by atoms with E-state index in [4.69, 9.17) is 10.8 Å². The van der Waals surface area contributed by atoms with Crippen molar-refractivity contribution >= 4 is 29.7 Å². The lowest BCUT2D eigenvalue weighted by atomic mass is 10.0. The molecule has 14 nitrogen and oxygen atoms in total. The minimum atomic E-state index is -1.43. The molecule has 14 heteroatoms. The van der Waals surface area contributed by atoms with Gasteiger partial charge in [0.05, 0.1) is 12.4 Å². The summed E-state index contributed by atoms with van der Waals surface area (Å²) >= 11 is 0. The maximum atomic E-state index is 13.6. The molecule has 0 radical (unpaired) electrons. The molecule has 1 aromatic heterocycles. The van der Waals surface area contributed by atoms with Crippen molar-refractivity contribution in [2.45, 2.75) is 62.7 Å². The number of carboxylic acid groups (broad SMARTS) is 2. The number of aromatic nitrogens is 2. The lowest BCUT2D eigenvalue weighted by molar-refractivity contribution is -0.145. The summed E-state index contributed by atoms with van der Waals surface area (Å²) in [7, 11) is 0. The number of imidazole rings is 1. The molecule has 0 aliphatic carbocycles. The first-order chi connectivity index (χ1) is 18.5. The Bertz CT molecular complexity index is 1170. The van der Waals surface area contributed by atoms with Crippen LogP contribution in [0.1, 0.15) is 36.9 Å². The largest absolute Gasteiger partial charge is 0.508 e. The molecule has 3 rings (SSSR count). The van der Waals surface area contributed by atoms with Crippen molar-refractivity contribution in [3.8, 4) is 5.75 Å². The molecule has 0 bridgehead atoms. The Kier molecular flexibility index (Phi) is 9.98. The van der Waals surface area contributed by atoms with Gasteiger partial charge in [-0.2, -0.15) is 0 Å². The highest BCUT2D eigenvalue weighted by Crippen LogP contribution is 2.20. The third-order valence-corrected chi connectivity index (χ3v) is 6.42. The minimum Gasteiger partial charge on any atom is -0.508 e. The molecule has 0 spiro atoms. The van der Waals surface area contributed by atoms with Crippen LogP contribution in [0.15, 0.2) is 36.8 Å². The number of nitrogens with one attached hydrogen (secondary N) is 3. The number of carboxylic acids is 2. The number of aromatic amines is 1. The van der Waals surface area contributed by atoms with E-state index in [1.807, 2.05) is 0 Å². The molecule has 39 heavy (non-hydrogen) atoms. The summed E-state index contributed by atoms with van der Waals surface area (Å²) < 4.78 is 0. The lowest BCUT2D eigenvalue weighted by Gasteiger charge is -2.30. The van der Waals surface area contributed by atoms with Crippen LogP contribution in [-0.2, 0) is 36.8 Å². The predicted molar refractivity (Wildman–Crippen MR) is 135 cm³/mol. The number of nitrogens with zero attached hydrogens (tertiary/aromatic N) is 2. The van der Waals surface area contributed by atoms with Gasteiger partial charge in [0.25, 0.3) is 0 Å². The topological polar surface area (TPSA) is 228 Å². The highest BCUT2D eigenvalue weighted by Gasteiger charge is 2.39. The highest BCUT2D eigenvalue weighted by molar-refractivity contribution is 5.94. The number of nitrogens with two attached hydrogens (primary N) is 1. The maximum absolute atomic E-state index is 13.6. The van der Waals surface area contributed by atoms with Gasteiger partial charge >= 0.3 is 11.9 Å². The Hall–Kier alpha value is -4.46. The summed E-state index contributed by atoms with van der Waals surface area (Å²) in [5.41, 5.74) is 7.35. The van der Waals surface area contributed by atoms with E-state index in [9.17, 15) is 34.2 Å². The van der Waals surface area contributed by atoms with Gasteiger partial charge in [0, 0.05) is 31.3 Å². The van der Waals surface area contributed by atoms with Crippen molar-refractivity contribution in [3.05, 3.63) is 48.0 Å². The minimum absolute atomic E-state index is 0.0394. The first-order valence-corrected chi connectivity index (χ1v) is 12.4. The third kappa shape index (κ3) is 8.26. The third-order valence-electron chi connectivity index (χ3n) is 6.42. The number of likely N-dealkylation sites (tertiary alicyclic amines) is 1. The summed E-state index contributed by atoms with van der Waals surface area (Å²) in [5.74, 6) is -4.37. The van der Waals surface area contributed by atoms with Crippen LogP contribution >= 0.6 is 0 Å². The molecule has 8 N–H and O–H groups in total. The zero-order chi connectivity index (χ0) is 28.5. The monoisotopic (exact) mass is 544 g/mol. The van der Waals surface area contributed by atoms with Crippen molar-refractivity contribution in [3.63, 3.8) is 0 Å². The molecule has 1 fully saturated rings. The predicted octanol–water partition coefficient (Wildman–Crippen LogP) is -0.862. The molecule has 210 valence electrons. The first kappa shape index (κ1) is 29.1. The molecular weight excluding hydrogens is 512 g/mol. The molecule has 4 unspecified atom stereocenters. The fourth-order valence-corrected chi connectivity index (χ4v) is 4.37. The van der Waals surface area contributed by atoms with Crippen LogP contribution in [0.4, 0.5) is 0 Å². The number of rotatable bonds is 13. The normalized spacial score (nSPS) is 17.2. The van der Waals surface area contributed by atoms with Gasteiger partial charge in [-0.25, -0.2) is 9.78 Å². The van der Waals surface area contributed by atoms with Gasteiger partial charge in [-0.3, -0.25) is 19.2 Å². The molecule has 2 heterocycles. The summed E-state index contributed by atoms with van der Waals surface area (Å²) in [6.45, 7) is 0.207. The van der Waals surface area contributed by atoms with Crippen LogP contribution in [0.3, 0.4) is 0 Å². The summed E-state index contributed by atoms with van der Waals surface area (Å²) in [4.78, 5) is 70.0. The van der Waals surface area contributed by atoms with Crippen molar-refractivity contribution in [2.75, 3.05) is 6.54 Å². The van der Waals surface area contributed by atoms with Crippen molar-refractivity contribution in [1.82, 2.24) is 25.5 Å². The average molecular weight is 545 g/mol. The lowest BCUT2D eigenvalue weighted by Crippen LogP contribution is -2.57. The number of benzene rings is 1. The number of amides is 3. The van der Waals surface area contributed by atoms with Crippen LogP contribution in [0.2, 0.25) is 0 Å².